The molecule has 2 heterocycles. The first-order chi connectivity index (χ1) is 15.4. The third kappa shape index (κ3) is 5.31. The Labute approximate surface area is 195 Å². The Balaban J connectivity index is 0.00000306. The number of nitrogens with zero attached hydrogens (tertiary/aromatic N) is 5. The molecule has 7 heteroatoms. The van der Waals surface area contributed by atoms with Crippen LogP contribution in [-0.4, -0.2) is 30.6 Å². The molecule has 0 aliphatic heterocycles. The summed E-state index contributed by atoms with van der Waals surface area (Å²) in [6, 6.07) is 13.7. The molecular formula is C26H30N6O. The minimum atomic E-state index is -0.278. The molecule has 0 saturated heterocycles. The van der Waals surface area contributed by atoms with E-state index < -0.39 is 0 Å². The highest BCUT2D eigenvalue weighted by Gasteiger charge is 2.17. The van der Waals surface area contributed by atoms with Crippen LogP contribution in [0.3, 0.4) is 0 Å². The summed E-state index contributed by atoms with van der Waals surface area (Å²) in [4.78, 5) is 26.0. The maximum absolute atomic E-state index is 13.2. The fraction of sp³-hybridized carbons (Fsp3) is 0.269. The number of benzene rings is 2. The Morgan fingerprint density at radius 1 is 0.970 bits per heavy atom. The molecule has 0 saturated carbocycles. The molecule has 1 amide bonds. The highest BCUT2D eigenvalue weighted by molar-refractivity contribution is 5.96. The number of hydrogen-bond donors (Lipinski definition) is 1. The monoisotopic (exact) mass is 442 g/mol. The van der Waals surface area contributed by atoms with Crippen LogP contribution in [0.2, 0.25) is 0 Å². The molecule has 4 aromatic rings. The largest absolute Gasteiger partial charge is 0.344 e. The predicted octanol–water partition coefficient (Wildman–Crippen LogP) is 5.28. The zero-order valence-corrected chi connectivity index (χ0v) is 18.6. The van der Waals surface area contributed by atoms with Crippen LogP contribution in [-0.2, 0) is 0 Å². The molecule has 0 aliphatic rings. The Morgan fingerprint density at radius 2 is 1.73 bits per heavy atom. The maximum Gasteiger partial charge on any atom is 0.251 e. The van der Waals surface area contributed by atoms with Crippen molar-refractivity contribution < 1.29 is 4.79 Å². The summed E-state index contributed by atoms with van der Waals surface area (Å²) in [7, 11) is 0. The molecule has 0 bridgehead atoms. The lowest BCUT2D eigenvalue weighted by Gasteiger charge is -2.16. The van der Waals surface area contributed by atoms with Crippen LogP contribution in [0, 0.1) is 6.92 Å². The zero-order chi connectivity index (χ0) is 22.7. The first kappa shape index (κ1) is 23.8. The van der Waals surface area contributed by atoms with E-state index in [1.165, 1.54) is 5.56 Å². The Bertz CT molecular complexity index is 1220. The summed E-state index contributed by atoms with van der Waals surface area (Å²) in [5.41, 5.74) is 5.18. The van der Waals surface area contributed by atoms with Crippen molar-refractivity contribution in [3.05, 3.63) is 90.0 Å². The number of amides is 1. The van der Waals surface area contributed by atoms with Crippen molar-refractivity contribution in [2.45, 2.75) is 47.1 Å². The molecule has 2 aromatic heterocycles. The number of aromatic nitrogens is 5. The molecule has 0 fully saturated rings. The van der Waals surface area contributed by atoms with E-state index in [0.717, 1.165) is 22.6 Å². The SMILES string of the molecule is C.Cc1ccc(-c2cc(C(=O)NC(C)c3cnccn3)cc(-n3ncnc3C(C)C)c2)cc1. The van der Waals surface area contributed by atoms with Crippen LogP contribution < -0.4 is 5.32 Å². The van der Waals surface area contributed by atoms with Crippen molar-refractivity contribution in [3.63, 3.8) is 0 Å². The minimum Gasteiger partial charge on any atom is -0.344 e. The second-order valence-corrected chi connectivity index (χ2v) is 8.14. The topological polar surface area (TPSA) is 85.6 Å². The molecule has 0 aliphatic carbocycles. The number of hydrogen-bond acceptors (Lipinski definition) is 5. The summed E-state index contributed by atoms with van der Waals surface area (Å²) in [6.45, 7) is 8.08. The third-order valence-corrected chi connectivity index (χ3v) is 5.27. The van der Waals surface area contributed by atoms with Gasteiger partial charge in [0.1, 0.15) is 12.2 Å². The van der Waals surface area contributed by atoms with Crippen LogP contribution in [0.25, 0.3) is 16.8 Å². The van der Waals surface area contributed by atoms with Gasteiger partial charge in [0, 0.05) is 23.9 Å². The summed E-state index contributed by atoms with van der Waals surface area (Å²) in [5.74, 6) is 0.837. The third-order valence-electron chi connectivity index (χ3n) is 5.27. The Hall–Kier alpha value is -3.87. The predicted molar refractivity (Wildman–Crippen MR) is 130 cm³/mol. The summed E-state index contributed by atoms with van der Waals surface area (Å²) < 4.78 is 1.80. The molecule has 4 rings (SSSR count). The van der Waals surface area contributed by atoms with Crippen molar-refractivity contribution in [1.82, 2.24) is 30.0 Å². The van der Waals surface area contributed by atoms with E-state index in [-0.39, 0.29) is 25.3 Å². The molecule has 170 valence electrons. The summed E-state index contributed by atoms with van der Waals surface area (Å²) >= 11 is 0. The van der Waals surface area contributed by atoms with Gasteiger partial charge in [-0.2, -0.15) is 5.10 Å². The second-order valence-electron chi connectivity index (χ2n) is 8.14. The quantitative estimate of drug-likeness (QED) is 0.439. The van der Waals surface area contributed by atoms with Gasteiger partial charge < -0.3 is 5.32 Å². The number of carbonyl (C=O) groups excluding carboxylic acids is 1. The molecular weight excluding hydrogens is 412 g/mol. The lowest BCUT2D eigenvalue weighted by molar-refractivity contribution is 0.0939. The Kier molecular flexibility index (Phi) is 7.33. The van der Waals surface area contributed by atoms with E-state index in [0.29, 0.717) is 11.3 Å². The lowest BCUT2D eigenvalue weighted by Crippen LogP contribution is -2.27. The fourth-order valence-electron chi connectivity index (χ4n) is 3.51. The smallest absolute Gasteiger partial charge is 0.251 e. The summed E-state index contributed by atoms with van der Waals surface area (Å²) in [5, 5.41) is 7.44. The van der Waals surface area contributed by atoms with Crippen molar-refractivity contribution in [2.24, 2.45) is 0 Å². The van der Waals surface area contributed by atoms with E-state index in [1.807, 2.05) is 25.1 Å². The highest BCUT2D eigenvalue weighted by Crippen LogP contribution is 2.26. The average Bonchev–Trinajstić information content (AvgIpc) is 3.30. The molecule has 0 radical (unpaired) electrons. The Morgan fingerprint density at radius 3 is 2.39 bits per heavy atom. The zero-order valence-electron chi connectivity index (χ0n) is 18.6. The van der Waals surface area contributed by atoms with Crippen molar-refractivity contribution in [1.29, 1.82) is 0 Å². The van der Waals surface area contributed by atoms with Gasteiger partial charge in [-0.05, 0) is 43.2 Å². The van der Waals surface area contributed by atoms with E-state index in [1.54, 1.807) is 29.6 Å². The number of carbonyl (C=O) groups is 1. The minimum absolute atomic E-state index is 0. The van der Waals surface area contributed by atoms with Gasteiger partial charge in [0.05, 0.1) is 23.6 Å². The number of nitrogens with one attached hydrogen (secondary N) is 1. The first-order valence-electron chi connectivity index (χ1n) is 10.6. The molecule has 2 aromatic carbocycles. The standard InChI is InChI=1S/C25H26N6O.CH4/c1-16(2)24-28-15-29-31(24)22-12-20(19-7-5-17(3)6-8-19)11-21(13-22)25(32)30-18(4)23-14-26-9-10-27-23;/h5-16,18H,1-4H3,(H,30,32);1H4. The van der Waals surface area contributed by atoms with E-state index in [4.69, 9.17) is 0 Å². The van der Waals surface area contributed by atoms with Gasteiger partial charge >= 0.3 is 0 Å². The van der Waals surface area contributed by atoms with Gasteiger partial charge in [-0.1, -0.05) is 51.1 Å². The van der Waals surface area contributed by atoms with Gasteiger partial charge in [0.15, 0.2) is 0 Å². The van der Waals surface area contributed by atoms with Gasteiger partial charge in [-0.3, -0.25) is 14.8 Å². The molecule has 1 unspecified atom stereocenters. The van der Waals surface area contributed by atoms with Gasteiger partial charge in [0.2, 0.25) is 0 Å². The van der Waals surface area contributed by atoms with Gasteiger partial charge in [-0.25, -0.2) is 9.67 Å². The molecule has 0 spiro atoms. The lowest BCUT2D eigenvalue weighted by atomic mass is 10.00. The average molecular weight is 443 g/mol. The molecule has 1 atom stereocenters. The van der Waals surface area contributed by atoms with Gasteiger partial charge in [0.25, 0.3) is 5.91 Å². The van der Waals surface area contributed by atoms with Crippen LogP contribution in [0.5, 0.6) is 0 Å². The first-order valence-corrected chi connectivity index (χ1v) is 10.6. The van der Waals surface area contributed by atoms with Crippen LogP contribution in [0.4, 0.5) is 0 Å². The molecule has 7 nitrogen and oxygen atoms in total. The van der Waals surface area contributed by atoms with Crippen LogP contribution in [0.1, 0.15) is 67.6 Å². The second kappa shape index (κ2) is 10.2. The van der Waals surface area contributed by atoms with E-state index in [2.05, 4.69) is 70.4 Å². The maximum atomic E-state index is 13.2. The number of aryl methyl sites for hydroxylation is 1. The van der Waals surface area contributed by atoms with Crippen molar-refractivity contribution in [3.8, 4) is 16.8 Å². The normalized spacial score (nSPS) is 11.7. The van der Waals surface area contributed by atoms with E-state index >= 15 is 0 Å². The fourth-order valence-corrected chi connectivity index (χ4v) is 3.51. The molecule has 33 heavy (non-hydrogen) atoms. The van der Waals surface area contributed by atoms with Crippen molar-refractivity contribution in [2.75, 3.05) is 0 Å². The van der Waals surface area contributed by atoms with Crippen LogP contribution in [0.15, 0.2) is 67.4 Å². The van der Waals surface area contributed by atoms with E-state index in [9.17, 15) is 4.79 Å². The highest BCUT2D eigenvalue weighted by atomic mass is 16.1. The van der Waals surface area contributed by atoms with Gasteiger partial charge in [-0.15, -0.1) is 0 Å². The summed E-state index contributed by atoms with van der Waals surface area (Å²) in [6.07, 6.45) is 6.43. The molecule has 1 N–H and O–H groups in total. The number of rotatable bonds is 6. The van der Waals surface area contributed by atoms with Crippen molar-refractivity contribution >= 4 is 5.91 Å². The van der Waals surface area contributed by atoms with Crippen LogP contribution >= 0.6 is 0 Å².